The van der Waals surface area contributed by atoms with Crippen molar-refractivity contribution in [1.29, 1.82) is 0 Å². The molecule has 3 aromatic rings. The van der Waals surface area contributed by atoms with Gasteiger partial charge in [-0.25, -0.2) is 0 Å². The predicted molar refractivity (Wildman–Crippen MR) is 110 cm³/mol. The van der Waals surface area contributed by atoms with Crippen LogP contribution in [0.3, 0.4) is 0 Å². The van der Waals surface area contributed by atoms with Gasteiger partial charge in [-0.2, -0.15) is 0 Å². The van der Waals surface area contributed by atoms with Crippen LogP contribution < -0.4 is 15.4 Å². The van der Waals surface area contributed by atoms with Crippen LogP contribution in [0.5, 0.6) is 5.75 Å². The molecule has 0 atom stereocenters. The summed E-state index contributed by atoms with van der Waals surface area (Å²) in [5.41, 5.74) is 1.64. The second kappa shape index (κ2) is 9.94. The van der Waals surface area contributed by atoms with Gasteiger partial charge in [-0.1, -0.05) is 30.3 Å². The van der Waals surface area contributed by atoms with Crippen LogP contribution in [0.25, 0.3) is 6.08 Å². The fraction of sp³-hybridized carbons (Fsp3) is 0.130. The predicted octanol–water partition coefficient (Wildman–Crippen LogP) is 3.55. The first-order valence-corrected chi connectivity index (χ1v) is 9.21. The first kappa shape index (κ1) is 19.9. The van der Waals surface area contributed by atoms with Crippen molar-refractivity contribution in [3.63, 3.8) is 0 Å². The molecule has 0 saturated heterocycles. The van der Waals surface area contributed by atoms with E-state index >= 15 is 0 Å². The lowest BCUT2D eigenvalue weighted by molar-refractivity contribution is -0.117. The molecule has 0 bridgehead atoms. The summed E-state index contributed by atoms with van der Waals surface area (Å²) < 4.78 is 10.9. The van der Waals surface area contributed by atoms with E-state index in [1.807, 2.05) is 37.3 Å². The summed E-state index contributed by atoms with van der Waals surface area (Å²) in [5, 5.41) is 5.40. The van der Waals surface area contributed by atoms with Gasteiger partial charge in [-0.3, -0.25) is 9.59 Å². The van der Waals surface area contributed by atoms with Crippen molar-refractivity contribution in [2.75, 3.05) is 13.2 Å². The average molecular weight is 390 g/mol. The summed E-state index contributed by atoms with van der Waals surface area (Å²) in [6.45, 7) is 2.56. The van der Waals surface area contributed by atoms with E-state index in [0.29, 0.717) is 17.9 Å². The number of ether oxygens (including phenoxy) is 1. The number of hydrogen-bond acceptors (Lipinski definition) is 4. The van der Waals surface area contributed by atoms with Gasteiger partial charge >= 0.3 is 0 Å². The van der Waals surface area contributed by atoms with Gasteiger partial charge in [0.1, 0.15) is 23.8 Å². The van der Waals surface area contributed by atoms with E-state index in [1.54, 1.807) is 36.4 Å². The van der Waals surface area contributed by atoms with E-state index in [0.717, 1.165) is 11.3 Å². The van der Waals surface area contributed by atoms with Gasteiger partial charge in [0.2, 0.25) is 0 Å². The molecule has 6 nitrogen and oxygen atoms in total. The van der Waals surface area contributed by atoms with Crippen molar-refractivity contribution in [2.45, 2.75) is 6.92 Å². The summed E-state index contributed by atoms with van der Waals surface area (Å²) in [4.78, 5) is 25.1. The van der Waals surface area contributed by atoms with Crippen LogP contribution in [0.4, 0.5) is 0 Å². The Morgan fingerprint density at radius 2 is 1.86 bits per heavy atom. The summed E-state index contributed by atoms with van der Waals surface area (Å²) >= 11 is 0. The maximum absolute atomic E-state index is 12.6. The van der Waals surface area contributed by atoms with Gasteiger partial charge in [0.05, 0.1) is 12.8 Å². The van der Waals surface area contributed by atoms with E-state index < -0.39 is 5.91 Å². The summed E-state index contributed by atoms with van der Waals surface area (Å²) in [5.74, 6) is 0.385. The quantitative estimate of drug-likeness (QED) is 0.455. The topological polar surface area (TPSA) is 80.6 Å². The highest BCUT2D eigenvalue weighted by Crippen LogP contribution is 2.12. The third-order valence-electron chi connectivity index (χ3n) is 4.00. The fourth-order valence-corrected chi connectivity index (χ4v) is 2.59. The highest BCUT2D eigenvalue weighted by Gasteiger charge is 2.15. The average Bonchev–Trinajstić information content (AvgIpc) is 3.24. The van der Waals surface area contributed by atoms with Crippen molar-refractivity contribution >= 4 is 17.9 Å². The number of rotatable bonds is 8. The van der Waals surface area contributed by atoms with Crippen LogP contribution in [-0.2, 0) is 4.79 Å². The maximum Gasteiger partial charge on any atom is 0.268 e. The van der Waals surface area contributed by atoms with Crippen LogP contribution in [0.1, 0.15) is 21.7 Å². The molecule has 0 unspecified atom stereocenters. The van der Waals surface area contributed by atoms with Crippen molar-refractivity contribution in [3.05, 3.63) is 95.6 Å². The zero-order valence-electron chi connectivity index (χ0n) is 16.1. The zero-order chi connectivity index (χ0) is 20.5. The SMILES string of the molecule is Cc1cccc(OCCNC(=O)/C(=C/c2ccco2)NC(=O)c2ccccc2)c1. The van der Waals surface area contributed by atoms with Crippen molar-refractivity contribution in [1.82, 2.24) is 10.6 Å². The van der Waals surface area contributed by atoms with Crippen LogP contribution in [0.15, 0.2) is 83.1 Å². The van der Waals surface area contributed by atoms with E-state index in [-0.39, 0.29) is 18.1 Å². The van der Waals surface area contributed by atoms with Gasteiger partial charge in [0, 0.05) is 11.6 Å². The number of carbonyl (C=O) groups is 2. The molecular weight excluding hydrogens is 368 g/mol. The summed E-state index contributed by atoms with van der Waals surface area (Å²) in [7, 11) is 0. The lowest BCUT2D eigenvalue weighted by Gasteiger charge is -2.11. The lowest BCUT2D eigenvalue weighted by Crippen LogP contribution is -2.36. The van der Waals surface area contributed by atoms with E-state index in [1.165, 1.54) is 12.3 Å². The van der Waals surface area contributed by atoms with Gasteiger partial charge in [0.15, 0.2) is 0 Å². The standard InChI is InChI=1S/C23H22N2O4/c1-17-7-5-10-19(15-17)29-14-12-24-23(27)21(16-20-11-6-13-28-20)25-22(26)18-8-3-2-4-9-18/h2-11,13,15-16H,12,14H2,1H3,(H,24,27)(H,25,26)/b21-16-. The normalized spacial score (nSPS) is 11.0. The Hall–Kier alpha value is -3.80. The molecule has 1 heterocycles. The monoisotopic (exact) mass is 390 g/mol. The first-order valence-electron chi connectivity index (χ1n) is 9.21. The molecule has 3 rings (SSSR count). The minimum atomic E-state index is -0.432. The van der Waals surface area contributed by atoms with Gasteiger partial charge in [-0.15, -0.1) is 0 Å². The molecular formula is C23H22N2O4. The largest absolute Gasteiger partial charge is 0.492 e. The fourth-order valence-electron chi connectivity index (χ4n) is 2.59. The molecule has 1 aromatic heterocycles. The molecule has 6 heteroatoms. The summed E-state index contributed by atoms with van der Waals surface area (Å²) in [6.07, 6.45) is 2.98. The first-order chi connectivity index (χ1) is 14.1. The van der Waals surface area contributed by atoms with Crippen LogP contribution in [0.2, 0.25) is 0 Å². The second-order valence-electron chi connectivity index (χ2n) is 6.31. The van der Waals surface area contributed by atoms with Crippen molar-refractivity contribution in [3.8, 4) is 5.75 Å². The van der Waals surface area contributed by atoms with Gasteiger partial charge < -0.3 is 19.8 Å². The van der Waals surface area contributed by atoms with E-state index in [9.17, 15) is 9.59 Å². The molecule has 0 aliphatic heterocycles. The highest BCUT2D eigenvalue weighted by atomic mass is 16.5. The van der Waals surface area contributed by atoms with Crippen LogP contribution in [-0.4, -0.2) is 25.0 Å². The molecule has 2 amide bonds. The van der Waals surface area contributed by atoms with Gasteiger partial charge in [0.25, 0.3) is 11.8 Å². The second-order valence-corrected chi connectivity index (χ2v) is 6.31. The molecule has 0 aliphatic carbocycles. The molecule has 29 heavy (non-hydrogen) atoms. The van der Waals surface area contributed by atoms with E-state index in [4.69, 9.17) is 9.15 Å². The minimum absolute atomic E-state index is 0.0874. The van der Waals surface area contributed by atoms with Crippen LogP contribution in [0, 0.1) is 6.92 Å². The number of amides is 2. The van der Waals surface area contributed by atoms with E-state index in [2.05, 4.69) is 10.6 Å². The molecule has 2 N–H and O–H groups in total. The Bertz CT molecular complexity index is 979. The maximum atomic E-state index is 12.6. The number of aryl methyl sites for hydroxylation is 1. The number of furan rings is 1. The van der Waals surface area contributed by atoms with Gasteiger partial charge in [-0.05, 0) is 48.9 Å². The Morgan fingerprint density at radius 3 is 2.59 bits per heavy atom. The Labute approximate surface area is 169 Å². The number of hydrogen-bond donors (Lipinski definition) is 2. The molecule has 0 aliphatic rings. The van der Waals surface area contributed by atoms with Crippen molar-refractivity contribution < 1.29 is 18.7 Å². The number of nitrogens with one attached hydrogen (secondary N) is 2. The third kappa shape index (κ3) is 6.10. The smallest absolute Gasteiger partial charge is 0.268 e. The Morgan fingerprint density at radius 1 is 1.03 bits per heavy atom. The number of carbonyl (C=O) groups excluding carboxylic acids is 2. The molecule has 0 radical (unpaired) electrons. The molecule has 148 valence electrons. The molecule has 0 spiro atoms. The summed E-state index contributed by atoms with van der Waals surface area (Å²) in [6, 6.07) is 19.8. The minimum Gasteiger partial charge on any atom is -0.492 e. The Kier molecular flexibility index (Phi) is 6.84. The molecule has 0 saturated carbocycles. The lowest BCUT2D eigenvalue weighted by atomic mass is 10.2. The molecule has 0 fully saturated rings. The zero-order valence-corrected chi connectivity index (χ0v) is 16.1. The van der Waals surface area contributed by atoms with Crippen molar-refractivity contribution in [2.24, 2.45) is 0 Å². The third-order valence-corrected chi connectivity index (χ3v) is 4.00. The highest BCUT2D eigenvalue weighted by molar-refractivity contribution is 6.05. The Balaban J connectivity index is 1.61. The van der Waals surface area contributed by atoms with Crippen LogP contribution >= 0.6 is 0 Å². The number of benzene rings is 2. The molecule has 2 aromatic carbocycles.